The molecule has 5 rings (SSSR count). The van der Waals surface area contributed by atoms with Gasteiger partial charge < -0.3 is 25.8 Å². The number of nitrogens with zero attached hydrogens (tertiary/aromatic N) is 1. The number of rotatable bonds is 9. The number of piperazine rings is 1. The van der Waals surface area contributed by atoms with Crippen molar-refractivity contribution in [2.24, 2.45) is 0 Å². The summed E-state index contributed by atoms with van der Waals surface area (Å²) in [6.07, 6.45) is -8.68. The Bertz CT molecular complexity index is 1770. The number of para-hydroxylation sites is 1. The molecule has 0 aliphatic carbocycles. The summed E-state index contributed by atoms with van der Waals surface area (Å²) < 4.78 is 80.1. The molecule has 4 N–H and O–H groups in total. The molecule has 0 radical (unpaired) electrons. The van der Waals surface area contributed by atoms with Crippen LogP contribution in [-0.4, -0.2) is 52.6 Å². The van der Waals surface area contributed by atoms with Gasteiger partial charge >= 0.3 is 12.4 Å². The van der Waals surface area contributed by atoms with Crippen LogP contribution in [0.25, 0.3) is 10.9 Å². The topological polar surface area (TPSA) is 123 Å². The van der Waals surface area contributed by atoms with Gasteiger partial charge in [0.15, 0.2) is 0 Å². The maximum absolute atomic E-state index is 13.4. The average Bonchev–Trinajstić information content (AvgIpc) is 3.43. The van der Waals surface area contributed by atoms with Crippen molar-refractivity contribution in [1.29, 1.82) is 0 Å². The van der Waals surface area contributed by atoms with Crippen LogP contribution in [0, 0.1) is 0 Å². The first-order chi connectivity index (χ1) is 22.2. The number of carbonyl (C=O) groups is 4. The van der Waals surface area contributed by atoms with Crippen molar-refractivity contribution in [1.82, 2.24) is 25.8 Å². The van der Waals surface area contributed by atoms with Crippen LogP contribution in [0.1, 0.15) is 33.9 Å². The third kappa shape index (κ3) is 7.91. The van der Waals surface area contributed by atoms with E-state index in [2.05, 4.69) is 20.9 Å². The Morgan fingerprint density at radius 1 is 0.894 bits per heavy atom. The van der Waals surface area contributed by atoms with Crippen LogP contribution in [0.3, 0.4) is 0 Å². The minimum Gasteiger partial charge on any atom is -0.361 e. The van der Waals surface area contributed by atoms with E-state index < -0.39 is 84.4 Å². The zero-order valence-electron chi connectivity index (χ0n) is 24.3. The first kappa shape index (κ1) is 33.0. The molecule has 4 amide bonds. The van der Waals surface area contributed by atoms with Gasteiger partial charge in [-0.1, -0.05) is 48.5 Å². The van der Waals surface area contributed by atoms with Gasteiger partial charge in [-0.05, 0) is 41.0 Å². The molecule has 1 aromatic heterocycles. The Morgan fingerprint density at radius 2 is 1.53 bits per heavy atom. The van der Waals surface area contributed by atoms with E-state index in [1.807, 2.05) is 0 Å². The smallest absolute Gasteiger partial charge is 0.361 e. The van der Waals surface area contributed by atoms with Crippen molar-refractivity contribution in [2.75, 3.05) is 13.1 Å². The highest BCUT2D eigenvalue weighted by molar-refractivity contribution is 5.98. The largest absolute Gasteiger partial charge is 0.416 e. The summed E-state index contributed by atoms with van der Waals surface area (Å²) in [5.74, 6) is -2.80. The Balaban J connectivity index is 1.35. The monoisotopic (exact) mass is 659 g/mol. The fraction of sp³-hybridized carbons (Fsp3) is 0.250. The van der Waals surface area contributed by atoms with E-state index in [1.165, 1.54) is 0 Å². The van der Waals surface area contributed by atoms with E-state index in [0.717, 1.165) is 4.90 Å². The predicted octanol–water partition coefficient (Wildman–Crippen LogP) is 4.25. The molecule has 1 aliphatic rings. The molecule has 2 heterocycles. The Morgan fingerprint density at radius 3 is 2.19 bits per heavy atom. The standard InChI is InChI=1S/C32H27F6N5O4/c33-31(34,35)21-10-18(11-22(13-21)32(36,37)38)14-40-29(46)25(12-20-15-39-24-9-5-4-8-23(20)24)41-26(44)16-43-17-27(45)42-28(30(43)47)19-6-2-1-3-7-19/h1-11,13,15,25,28,39H,12,14,16-17H2,(H,40,46)(H,41,44)(H,42,45). The lowest BCUT2D eigenvalue weighted by molar-refractivity contribution is -0.146. The lowest BCUT2D eigenvalue weighted by atomic mass is 10.0. The van der Waals surface area contributed by atoms with Gasteiger partial charge in [-0.25, -0.2) is 0 Å². The molecular weight excluding hydrogens is 632 g/mol. The maximum Gasteiger partial charge on any atom is 0.416 e. The van der Waals surface area contributed by atoms with Crippen molar-refractivity contribution in [3.05, 3.63) is 107 Å². The molecule has 2 atom stereocenters. The molecule has 9 nitrogen and oxygen atoms in total. The fourth-order valence-corrected chi connectivity index (χ4v) is 5.28. The average molecular weight is 660 g/mol. The second-order valence-corrected chi connectivity index (χ2v) is 10.9. The molecule has 4 aromatic rings. The van der Waals surface area contributed by atoms with E-state index in [9.17, 15) is 45.5 Å². The van der Waals surface area contributed by atoms with Crippen LogP contribution >= 0.6 is 0 Å². The summed E-state index contributed by atoms with van der Waals surface area (Å²) in [5.41, 5.74) is -1.75. The highest BCUT2D eigenvalue weighted by Gasteiger charge is 2.38. The Kier molecular flexibility index (Phi) is 9.26. The van der Waals surface area contributed by atoms with E-state index in [1.54, 1.807) is 60.8 Å². The molecule has 0 saturated carbocycles. The Hall–Kier alpha value is -5.34. The summed E-state index contributed by atoms with van der Waals surface area (Å²) in [5, 5.41) is 8.13. The summed E-state index contributed by atoms with van der Waals surface area (Å²) in [7, 11) is 0. The van der Waals surface area contributed by atoms with Crippen LogP contribution < -0.4 is 16.0 Å². The minimum absolute atomic E-state index is 0.0180. The van der Waals surface area contributed by atoms with E-state index in [-0.39, 0.29) is 12.5 Å². The van der Waals surface area contributed by atoms with Gasteiger partial charge in [-0.3, -0.25) is 19.2 Å². The van der Waals surface area contributed by atoms with Gasteiger partial charge in [0, 0.05) is 30.1 Å². The van der Waals surface area contributed by atoms with Gasteiger partial charge in [0.05, 0.1) is 11.1 Å². The van der Waals surface area contributed by atoms with E-state index in [0.29, 0.717) is 34.2 Å². The predicted molar refractivity (Wildman–Crippen MR) is 156 cm³/mol. The van der Waals surface area contributed by atoms with Crippen molar-refractivity contribution >= 4 is 34.5 Å². The van der Waals surface area contributed by atoms with E-state index >= 15 is 0 Å². The van der Waals surface area contributed by atoms with Crippen molar-refractivity contribution in [3.63, 3.8) is 0 Å². The van der Waals surface area contributed by atoms with Gasteiger partial charge in [-0.2, -0.15) is 26.3 Å². The molecule has 0 bridgehead atoms. The number of fused-ring (bicyclic) bond motifs is 1. The number of hydrogen-bond acceptors (Lipinski definition) is 4. The first-order valence-corrected chi connectivity index (χ1v) is 14.2. The normalized spacial score (nSPS) is 16.1. The van der Waals surface area contributed by atoms with Crippen molar-refractivity contribution in [2.45, 2.75) is 37.4 Å². The number of aromatic amines is 1. The maximum atomic E-state index is 13.4. The number of hydrogen-bond donors (Lipinski definition) is 4. The molecule has 0 spiro atoms. The van der Waals surface area contributed by atoms with Crippen LogP contribution in [0.5, 0.6) is 0 Å². The highest BCUT2D eigenvalue weighted by Crippen LogP contribution is 2.36. The summed E-state index contributed by atoms with van der Waals surface area (Å²) in [6.45, 7) is -1.74. The lowest BCUT2D eigenvalue weighted by Crippen LogP contribution is -2.57. The number of halogens is 6. The third-order valence-corrected chi connectivity index (χ3v) is 7.53. The van der Waals surface area contributed by atoms with E-state index in [4.69, 9.17) is 0 Å². The molecule has 47 heavy (non-hydrogen) atoms. The first-order valence-electron chi connectivity index (χ1n) is 14.2. The molecule has 246 valence electrons. The number of carbonyl (C=O) groups excluding carboxylic acids is 4. The quantitative estimate of drug-likeness (QED) is 0.201. The zero-order valence-corrected chi connectivity index (χ0v) is 24.3. The molecule has 1 fully saturated rings. The molecule has 1 aliphatic heterocycles. The van der Waals surface area contributed by atoms with Gasteiger partial charge in [0.25, 0.3) is 5.91 Å². The SMILES string of the molecule is O=C(CN1CC(=O)NC(c2ccccc2)C1=O)NC(Cc1c[nH]c2ccccc12)C(=O)NCc1cc(C(F)(F)F)cc(C(F)(F)F)c1. The third-order valence-electron chi connectivity index (χ3n) is 7.53. The van der Waals surface area contributed by atoms with Crippen molar-refractivity contribution < 1.29 is 45.5 Å². The van der Waals surface area contributed by atoms with Gasteiger partial charge in [-0.15, -0.1) is 0 Å². The summed E-state index contributed by atoms with van der Waals surface area (Å²) in [4.78, 5) is 56.2. The number of H-pyrrole nitrogens is 1. The lowest BCUT2D eigenvalue weighted by Gasteiger charge is -2.32. The molecule has 15 heteroatoms. The number of amides is 4. The second-order valence-electron chi connectivity index (χ2n) is 10.9. The number of aromatic nitrogens is 1. The summed E-state index contributed by atoms with van der Waals surface area (Å²) >= 11 is 0. The van der Waals surface area contributed by atoms with Crippen LogP contribution in [0.2, 0.25) is 0 Å². The van der Waals surface area contributed by atoms with Crippen LogP contribution in [0.15, 0.2) is 79.0 Å². The minimum atomic E-state index is -5.08. The highest BCUT2D eigenvalue weighted by atomic mass is 19.4. The van der Waals surface area contributed by atoms with Crippen LogP contribution in [-0.2, 0) is 44.5 Å². The van der Waals surface area contributed by atoms with Crippen molar-refractivity contribution in [3.8, 4) is 0 Å². The second kappa shape index (κ2) is 13.2. The van der Waals surface area contributed by atoms with Crippen LogP contribution in [0.4, 0.5) is 26.3 Å². The van der Waals surface area contributed by atoms with Gasteiger partial charge in [0.1, 0.15) is 25.2 Å². The van der Waals surface area contributed by atoms with Gasteiger partial charge in [0.2, 0.25) is 17.7 Å². The molecule has 3 aromatic carbocycles. The molecule has 1 saturated heterocycles. The molecule has 2 unspecified atom stereocenters. The number of alkyl halides is 6. The Labute approximate surface area is 263 Å². The number of nitrogens with one attached hydrogen (secondary N) is 4. The molecular formula is C32H27F6N5O4. The zero-order chi connectivity index (χ0) is 33.9. The summed E-state index contributed by atoms with van der Waals surface area (Å²) in [6, 6.07) is 14.0. The number of benzene rings is 3. The fourth-order valence-electron chi connectivity index (χ4n) is 5.28.